The highest BCUT2D eigenvalue weighted by Gasteiger charge is 2.31. The number of likely N-dealkylation sites (N-methyl/N-ethyl adjacent to an activating group) is 1. The molecule has 0 spiro atoms. The number of hydroxylamine groups is 3. The maximum atomic E-state index is 14.3. The fourth-order valence-electron chi connectivity index (χ4n) is 5.61. The summed E-state index contributed by atoms with van der Waals surface area (Å²) in [7, 11) is 3.49. The molecule has 5 rings (SSSR count). The van der Waals surface area contributed by atoms with E-state index in [1.54, 1.807) is 25.3 Å². The lowest BCUT2D eigenvalue weighted by molar-refractivity contribution is -1.09. The van der Waals surface area contributed by atoms with Gasteiger partial charge >= 0.3 is 0 Å². The summed E-state index contributed by atoms with van der Waals surface area (Å²) in [6.07, 6.45) is 6.67. The second-order valence-corrected chi connectivity index (χ2v) is 11.3. The molecule has 0 bridgehead atoms. The third-order valence-electron chi connectivity index (χ3n) is 7.98. The van der Waals surface area contributed by atoms with Crippen molar-refractivity contribution in [1.29, 1.82) is 0 Å². The van der Waals surface area contributed by atoms with Crippen LogP contribution >= 0.6 is 0 Å². The van der Waals surface area contributed by atoms with E-state index in [1.165, 1.54) is 24.5 Å². The van der Waals surface area contributed by atoms with Crippen molar-refractivity contribution in [2.45, 2.75) is 32.7 Å². The molecule has 0 saturated carbocycles. The molecule has 0 radical (unpaired) electrons. The number of hydrogen-bond donors (Lipinski definition) is 3. The Morgan fingerprint density at radius 1 is 1.21 bits per heavy atom. The van der Waals surface area contributed by atoms with Crippen LogP contribution in [0.2, 0.25) is 0 Å². The van der Waals surface area contributed by atoms with Gasteiger partial charge in [0, 0.05) is 60.7 Å². The molecule has 1 saturated heterocycles. The Morgan fingerprint density at radius 3 is 2.67 bits per heavy atom. The van der Waals surface area contributed by atoms with Gasteiger partial charge in [-0.3, -0.25) is 4.79 Å². The molecular formula is C32H39FN7O3+. The number of fused-ring (bicyclic) bond motifs is 1. The van der Waals surface area contributed by atoms with Crippen molar-refractivity contribution in [3.8, 4) is 17.0 Å². The minimum atomic E-state index is -0.353. The van der Waals surface area contributed by atoms with E-state index < -0.39 is 0 Å². The van der Waals surface area contributed by atoms with E-state index in [2.05, 4.69) is 45.6 Å². The van der Waals surface area contributed by atoms with Crippen molar-refractivity contribution in [3.63, 3.8) is 0 Å². The predicted octanol–water partition coefficient (Wildman–Crippen LogP) is 6.13. The molecular weight excluding hydrogens is 549 g/mol. The number of carbonyl (C=O) groups excluding carboxylic acids is 1. The van der Waals surface area contributed by atoms with Crippen molar-refractivity contribution >= 4 is 39.7 Å². The standard InChI is InChI=1S/C32H38FN7O3/c1-6-32(41)37-26-16-27(30(43-5)18-29(26)38(4)11-14-40(42)12-7-8-13-40)36-31-17-25(34-20-35-31)24-19-39(21(2)3)28-10-9-22(33)15-23(24)28/h6,9-10,15-21,42H,1,7-8,11-14H2,2-5H3,(H-,34,35,36,37,41)/p+1. The number of benzene rings is 2. The van der Waals surface area contributed by atoms with Crippen LogP contribution in [-0.2, 0) is 4.79 Å². The van der Waals surface area contributed by atoms with E-state index in [-0.39, 0.29) is 22.4 Å². The number of nitrogens with one attached hydrogen (secondary N) is 2. The number of ether oxygens (including phenoxy) is 1. The van der Waals surface area contributed by atoms with E-state index in [0.29, 0.717) is 41.7 Å². The van der Waals surface area contributed by atoms with Crippen LogP contribution in [0.5, 0.6) is 5.75 Å². The molecule has 226 valence electrons. The Bertz CT molecular complexity index is 1650. The van der Waals surface area contributed by atoms with Gasteiger partial charge in [0.2, 0.25) is 5.91 Å². The topological polar surface area (TPSA) is 105 Å². The molecule has 1 aliphatic rings. The Labute approximate surface area is 251 Å². The van der Waals surface area contributed by atoms with Crippen LogP contribution in [0.15, 0.2) is 61.6 Å². The largest absolute Gasteiger partial charge is 0.494 e. The number of quaternary nitrogens is 1. The van der Waals surface area contributed by atoms with Crippen LogP contribution in [0.4, 0.5) is 27.3 Å². The van der Waals surface area contributed by atoms with Crippen molar-refractivity contribution in [3.05, 3.63) is 67.4 Å². The summed E-state index contributed by atoms with van der Waals surface area (Å²) in [6.45, 7) is 10.4. The van der Waals surface area contributed by atoms with E-state index >= 15 is 0 Å². The number of anilines is 4. The van der Waals surface area contributed by atoms with Crippen molar-refractivity contribution in [2.75, 3.05) is 55.9 Å². The summed E-state index contributed by atoms with van der Waals surface area (Å²) in [5.74, 6) is 0.358. The van der Waals surface area contributed by atoms with Gasteiger partial charge in [-0.2, -0.15) is 4.65 Å². The van der Waals surface area contributed by atoms with Crippen molar-refractivity contribution < 1.29 is 23.8 Å². The number of halogens is 1. The number of aromatic nitrogens is 3. The Hall–Kier alpha value is -4.48. The van der Waals surface area contributed by atoms with Crippen LogP contribution in [0.3, 0.4) is 0 Å². The first-order valence-corrected chi connectivity index (χ1v) is 14.5. The number of nitrogens with zero attached hydrogens (tertiary/aromatic N) is 5. The molecule has 2 aromatic heterocycles. The maximum Gasteiger partial charge on any atom is 0.247 e. The second-order valence-electron chi connectivity index (χ2n) is 11.3. The molecule has 10 nitrogen and oxygen atoms in total. The van der Waals surface area contributed by atoms with Crippen LogP contribution in [-0.4, -0.2) is 70.6 Å². The molecule has 3 heterocycles. The number of amides is 1. The SMILES string of the molecule is C=CC(=O)Nc1cc(Nc2cc(-c3cn(C(C)C)c4ccc(F)cc34)ncn2)c(OC)cc1N(C)CC[N+]1(O)CCCC1. The highest BCUT2D eigenvalue weighted by molar-refractivity contribution is 6.02. The number of methoxy groups -OCH3 is 1. The van der Waals surface area contributed by atoms with E-state index in [4.69, 9.17) is 4.74 Å². The van der Waals surface area contributed by atoms with Gasteiger partial charge in [0.1, 0.15) is 43.3 Å². The maximum absolute atomic E-state index is 14.3. The zero-order valence-corrected chi connectivity index (χ0v) is 25.1. The Kier molecular flexibility index (Phi) is 8.65. The first kappa shape index (κ1) is 30.0. The zero-order valence-electron chi connectivity index (χ0n) is 25.1. The van der Waals surface area contributed by atoms with E-state index in [9.17, 15) is 14.4 Å². The average molecular weight is 589 g/mol. The molecule has 4 aromatic rings. The molecule has 43 heavy (non-hydrogen) atoms. The molecule has 0 unspecified atom stereocenters. The molecule has 1 amide bonds. The van der Waals surface area contributed by atoms with Crippen LogP contribution in [0.25, 0.3) is 22.2 Å². The number of rotatable bonds is 11. The zero-order chi connectivity index (χ0) is 30.7. The lowest BCUT2D eigenvalue weighted by Gasteiger charge is -2.29. The monoisotopic (exact) mass is 588 g/mol. The molecule has 1 aliphatic heterocycles. The fraction of sp³-hybridized carbons (Fsp3) is 0.344. The van der Waals surface area contributed by atoms with Crippen LogP contribution < -0.4 is 20.3 Å². The van der Waals surface area contributed by atoms with Gasteiger partial charge in [-0.05, 0) is 44.2 Å². The van der Waals surface area contributed by atoms with Crippen LogP contribution in [0.1, 0.15) is 32.7 Å². The lowest BCUT2D eigenvalue weighted by atomic mass is 10.1. The van der Waals surface area contributed by atoms with Crippen LogP contribution in [0, 0.1) is 5.82 Å². The molecule has 2 aromatic carbocycles. The summed E-state index contributed by atoms with van der Waals surface area (Å²) in [5, 5.41) is 17.8. The molecule has 0 atom stereocenters. The van der Waals surface area contributed by atoms with Gasteiger partial charge in [0.15, 0.2) is 0 Å². The van der Waals surface area contributed by atoms with Gasteiger partial charge in [-0.25, -0.2) is 19.6 Å². The highest BCUT2D eigenvalue weighted by Crippen LogP contribution is 2.39. The minimum absolute atomic E-state index is 0.0496. The minimum Gasteiger partial charge on any atom is -0.494 e. The summed E-state index contributed by atoms with van der Waals surface area (Å²) in [5.41, 5.74) is 4.19. The molecule has 1 fully saturated rings. The third kappa shape index (κ3) is 6.47. The average Bonchev–Trinajstić information content (AvgIpc) is 3.60. The number of carbonyl (C=O) groups is 1. The normalized spacial score (nSPS) is 14.2. The quantitative estimate of drug-likeness (QED) is 0.143. The van der Waals surface area contributed by atoms with Gasteiger partial charge in [0.25, 0.3) is 0 Å². The number of hydrogen-bond acceptors (Lipinski definition) is 7. The predicted molar refractivity (Wildman–Crippen MR) is 168 cm³/mol. The highest BCUT2D eigenvalue weighted by atomic mass is 19.1. The van der Waals surface area contributed by atoms with Crippen molar-refractivity contribution in [2.24, 2.45) is 0 Å². The first-order chi connectivity index (χ1) is 20.6. The van der Waals surface area contributed by atoms with Gasteiger partial charge < -0.3 is 24.8 Å². The third-order valence-corrected chi connectivity index (χ3v) is 7.98. The smallest absolute Gasteiger partial charge is 0.247 e. The first-order valence-electron chi connectivity index (χ1n) is 14.5. The Balaban J connectivity index is 1.48. The Morgan fingerprint density at radius 2 is 1.98 bits per heavy atom. The summed E-state index contributed by atoms with van der Waals surface area (Å²) in [4.78, 5) is 23.3. The van der Waals surface area contributed by atoms with E-state index in [0.717, 1.165) is 48.1 Å². The molecule has 0 aliphatic carbocycles. The van der Waals surface area contributed by atoms with Gasteiger partial charge in [-0.1, -0.05) is 6.58 Å². The van der Waals surface area contributed by atoms with Gasteiger partial charge in [0.05, 0.1) is 36.4 Å². The van der Waals surface area contributed by atoms with Gasteiger partial charge in [-0.15, -0.1) is 0 Å². The summed E-state index contributed by atoms with van der Waals surface area (Å²) >= 11 is 0. The molecule has 11 heteroatoms. The molecule has 3 N–H and O–H groups in total. The summed E-state index contributed by atoms with van der Waals surface area (Å²) in [6, 6.07) is 10.4. The van der Waals surface area contributed by atoms with E-state index in [1.807, 2.05) is 24.2 Å². The fourth-order valence-corrected chi connectivity index (χ4v) is 5.61. The lowest BCUT2D eigenvalue weighted by Crippen LogP contribution is -2.46. The summed E-state index contributed by atoms with van der Waals surface area (Å²) < 4.78 is 22.1. The number of likely N-dealkylation sites (tertiary alicyclic amines) is 1. The second kappa shape index (κ2) is 12.4. The van der Waals surface area contributed by atoms with Crippen molar-refractivity contribution in [1.82, 2.24) is 14.5 Å².